The first-order valence-electron chi connectivity index (χ1n) is 9.52. The fourth-order valence-electron chi connectivity index (χ4n) is 2.77. The number of hydrogen-bond acceptors (Lipinski definition) is 7. The highest BCUT2D eigenvalue weighted by Crippen LogP contribution is 2.26. The molecule has 1 amide bonds. The highest BCUT2D eigenvalue weighted by atomic mass is 32.2. The van der Waals surface area contributed by atoms with Gasteiger partial charge in [-0.2, -0.15) is 0 Å². The van der Waals surface area contributed by atoms with Gasteiger partial charge >= 0.3 is 0 Å². The molecule has 9 heteroatoms. The van der Waals surface area contributed by atoms with Crippen LogP contribution in [0, 0.1) is 13.8 Å². The lowest BCUT2D eigenvalue weighted by Gasteiger charge is -2.12. The van der Waals surface area contributed by atoms with Crippen LogP contribution in [-0.4, -0.2) is 41.4 Å². The van der Waals surface area contributed by atoms with Gasteiger partial charge < -0.3 is 19.8 Å². The normalized spacial score (nSPS) is 12.1. The number of ether oxygens (including phenoxy) is 2. The molecule has 30 heavy (non-hydrogen) atoms. The summed E-state index contributed by atoms with van der Waals surface area (Å²) in [6.45, 7) is 6.75. The van der Waals surface area contributed by atoms with Gasteiger partial charge in [0.1, 0.15) is 23.0 Å². The number of benzene rings is 1. The summed E-state index contributed by atoms with van der Waals surface area (Å²) in [6.07, 6.45) is 0. The van der Waals surface area contributed by atoms with Crippen molar-refractivity contribution in [3.8, 4) is 5.75 Å². The summed E-state index contributed by atoms with van der Waals surface area (Å²) in [7, 11) is 1.62. The van der Waals surface area contributed by atoms with Crippen molar-refractivity contribution in [2.75, 3.05) is 25.6 Å². The van der Waals surface area contributed by atoms with Crippen LogP contribution in [0.1, 0.15) is 23.2 Å². The van der Waals surface area contributed by atoms with Crippen molar-refractivity contribution in [3.05, 3.63) is 50.9 Å². The maximum atomic E-state index is 12.5. The first-order valence-corrected chi connectivity index (χ1v) is 11.4. The number of nitrogens with zero attached hydrogens (tertiary/aromatic N) is 1. The van der Waals surface area contributed by atoms with Crippen molar-refractivity contribution >= 4 is 44.9 Å². The van der Waals surface area contributed by atoms with Crippen LogP contribution in [0.15, 0.2) is 29.1 Å². The van der Waals surface area contributed by atoms with Crippen LogP contribution < -0.4 is 15.6 Å². The van der Waals surface area contributed by atoms with Crippen molar-refractivity contribution in [3.63, 3.8) is 0 Å². The molecule has 0 aliphatic carbocycles. The Morgan fingerprint density at radius 3 is 2.70 bits per heavy atom. The molecule has 7 nitrogen and oxygen atoms in total. The van der Waals surface area contributed by atoms with Gasteiger partial charge in [-0.25, -0.2) is 4.98 Å². The predicted molar refractivity (Wildman–Crippen MR) is 123 cm³/mol. The van der Waals surface area contributed by atoms with Crippen molar-refractivity contribution in [1.82, 2.24) is 9.97 Å². The summed E-state index contributed by atoms with van der Waals surface area (Å²) >= 11 is 2.94. The van der Waals surface area contributed by atoms with Crippen LogP contribution in [0.2, 0.25) is 0 Å². The van der Waals surface area contributed by atoms with Crippen LogP contribution in [0.5, 0.6) is 5.75 Å². The van der Waals surface area contributed by atoms with Crippen molar-refractivity contribution in [1.29, 1.82) is 0 Å². The quantitative estimate of drug-likeness (QED) is 0.484. The van der Waals surface area contributed by atoms with Crippen molar-refractivity contribution in [2.24, 2.45) is 0 Å². The molecule has 3 rings (SSSR count). The number of aryl methyl sites for hydroxylation is 2. The maximum Gasteiger partial charge on any atom is 0.259 e. The van der Waals surface area contributed by atoms with Crippen molar-refractivity contribution in [2.45, 2.75) is 31.8 Å². The highest BCUT2D eigenvalue weighted by molar-refractivity contribution is 7.99. The van der Waals surface area contributed by atoms with Crippen LogP contribution in [0.3, 0.4) is 0 Å². The van der Waals surface area contributed by atoms with Gasteiger partial charge in [0.2, 0.25) is 5.91 Å². The second-order valence-electron chi connectivity index (χ2n) is 6.78. The van der Waals surface area contributed by atoms with E-state index in [1.54, 1.807) is 31.4 Å². The number of thioether (sulfide) groups is 1. The van der Waals surface area contributed by atoms with E-state index >= 15 is 0 Å². The summed E-state index contributed by atoms with van der Waals surface area (Å²) in [4.78, 5) is 34.1. The lowest BCUT2D eigenvalue weighted by molar-refractivity contribution is -0.115. The average molecular weight is 448 g/mol. The third kappa shape index (κ3) is 5.41. The van der Waals surface area contributed by atoms with Crippen LogP contribution in [0.25, 0.3) is 10.2 Å². The molecule has 2 aromatic heterocycles. The van der Waals surface area contributed by atoms with E-state index in [-0.39, 0.29) is 16.7 Å². The number of aromatic nitrogens is 2. The van der Waals surface area contributed by atoms with E-state index in [0.29, 0.717) is 35.9 Å². The molecule has 0 saturated heterocycles. The Morgan fingerprint density at radius 2 is 2.00 bits per heavy atom. The molecular weight excluding hydrogens is 422 g/mol. The standard InChI is InChI=1S/C21H25N3O4S2/c1-12-13(2)30-21-18(12)20(26)23-17(24-21)11-29-14(3)19(25)22-15-5-7-16(8-6-15)28-10-9-27-4/h5-8,14H,9-11H2,1-4H3,(H,22,25)(H,23,24,26). The van der Waals surface area contributed by atoms with E-state index in [0.717, 1.165) is 21.0 Å². The number of hydrogen-bond donors (Lipinski definition) is 2. The molecule has 0 bridgehead atoms. The smallest absolute Gasteiger partial charge is 0.259 e. The number of rotatable bonds is 9. The Bertz CT molecular complexity index is 1080. The zero-order chi connectivity index (χ0) is 21.7. The molecule has 160 valence electrons. The Hall–Kier alpha value is -2.36. The number of anilines is 1. The number of thiophene rings is 1. The number of carbonyl (C=O) groups excluding carboxylic acids is 1. The van der Waals surface area contributed by atoms with Crippen molar-refractivity contribution < 1.29 is 14.3 Å². The molecule has 0 radical (unpaired) electrons. The molecule has 2 N–H and O–H groups in total. The number of carbonyl (C=O) groups is 1. The molecule has 0 aliphatic rings. The summed E-state index contributed by atoms with van der Waals surface area (Å²) < 4.78 is 10.5. The lowest BCUT2D eigenvalue weighted by atomic mass is 10.2. The van der Waals surface area contributed by atoms with Gasteiger partial charge in [0.25, 0.3) is 5.56 Å². The van der Waals surface area contributed by atoms with Crippen LogP contribution in [0.4, 0.5) is 5.69 Å². The first kappa shape index (κ1) is 22.3. The summed E-state index contributed by atoms with van der Waals surface area (Å²) in [5.41, 5.74) is 1.55. The van der Waals surface area contributed by atoms with Gasteiger partial charge in [0, 0.05) is 17.7 Å². The van der Waals surface area contributed by atoms with Gasteiger partial charge in [0.15, 0.2) is 0 Å². The Labute approximate surface area is 183 Å². The molecule has 3 aromatic rings. The molecular formula is C21H25N3O4S2. The molecule has 1 unspecified atom stereocenters. The maximum absolute atomic E-state index is 12.5. The fourth-order valence-corrected chi connectivity index (χ4v) is 4.57. The molecule has 1 atom stereocenters. The molecule has 0 fully saturated rings. The molecule has 0 aliphatic heterocycles. The fraction of sp³-hybridized carbons (Fsp3) is 0.381. The third-order valence-corrected chi connectivity index (χ3v) is 6.86. The number of fused-ring (bicyclic) bond motifs is 1. The summed E-state index contributed by atoms with van der Waals surface area (Å²) in [5.74, 6) is 1.63. The summed E-state index contributed by atoms with van der Waals surface area (Å²) in [6, 6.07) is 7.20. The minimum atomic E-state index is -0.310. The van der Waals surface area contributed by atoms with E-state index in [9.17, 15) is 9.59 Å². The van der Waals surface area contributed by atoms with E-state index in [1.807, 2.05) is 20.8 Å². The molecule has 2 heterocycles. The topological polar surface area (TPSA) is 93.3 Å². The number of amides is 1. The lowest BCUT2D eigenvalue weighted by Crippen LogP contribution is -2.23. The largest absolute Gasteiger partial charge is 0.491 e. The zero-order valence-corrected chi connectivity index (χ0v) is 19.0. The van der Waals surface area contributed by atoms with Gasteiger partial charge in [-0.05, 0) is 50.6 Å². The van der Waals surface area contributed by atoms with Crippen LogP contribution in [-0.2, 0) is 15.3 Å². The second kappa shape index (κ2) is 10.1. The van der Waals surface area contributed by atoms with Gasteiger partial charge in [0.05, 0.1) is 23.0 Å². The molecule has 0 spiro atoms. The minimum Gasteiger partial charge on any atom is -0.491 e. The SMILES string of the molecule is COCCOc1ccc(NC(=O)C(C)SCc2nc3sc(C)c(C)c3c(=O)[nH]2)cc1. The van der Waals surface area contributed by atoms with Crippen LogP contribution >= 0.6 is 23.1 Å². The zero-order valence-electron chi connectivity index (χ0n) is 17.4. The Kier molecular flexibility index (Phi) is 7.52. The Balaban J connectivity index is 1.56. The number of methoxy groups -OCH3 is 1. The monoisotopic (exact) mass is 447 g/mol. The van der Waals surface area contributed by atoms with E-state index in [4.69, 9.17) is 9.47 Å². The van der Waals surface area contributed by atoms with E-state index < -0.39 is 0 Å². The van der Waals surface area contributed by atoms with E-state index in [2.05, 4.69) is 15.3 Å². The average Bonchev–Trinajstić information content (AvgIpc) is 3.01. The first-order chi connectivity index (χ1) is 14.4. The summed E-state index contributed by atoms with van der Waals surface area (Å²) in [5, 5.41) is 3.24. The Morgan fingerprint density at radius 1 is 1.27 bits per heavy atom. The number of nitrogens with one attached hydrogen (secondary N) is 2. The number of aromatic amines is 1. The molecule has 0 saturated carbocycles. The predicted octanol–water partition coefficient (Wildman–Crippen LogP) is 3.89. The minimum absolute atomic E-state index is 0.112. The number of H-pyrrole nitrogens is 1. The van der Waals surface area contributed by atoms with Gasteiger partial charge in [-0.15, -0.1) is 23.1 Å². The molecule has 1 aromatic carbocycles. The van der Waals surface area contributed by atoms with Gasteiger partial charge in [-0.3, -0.25) is 9.59 Å². The highest BCUT2D eigenvalue weighted by Gasteiger charge is 2.16. The van der Waals surface area contributed by atoms with Gasteiger partial charge in [-0.1, -0.05) is 0 Å². The van der Waals surface area contributed by atoms with E-state index in [1.165, 1.54) is 23.1 Å². The second-order valence-corrected chi connectivity index (χ2v) is 9.32. The third-order valence-electron chi connectivity index (χ3n) is 4.61.